The fraction of sp³-hybridized carbons (Fsp3) is 0.655. The molecule has 0 aliphatic heterocycles. The molecule has 64 heavy (non-hydrogen) atoms. The fourth-order valence-electron chi connectivity index (χ4n) is 6.51. The van der Waals surface area contributed by atoms with Crippen LogP contribution in [0.25, 0.3) is 0 Å². The first-order valence-electron chi connectivity index (χ1n) is 25.2. The number of allylic oxidation sites excluding steroid dienone is 17. The van der Waals surface area contributed by atoms with Gasteiger partial charge in [-0.05, 0) is 83.5 Å². The first-order chi connectivity index (χ1) is 31.0. The minimum absolute atomic E-state index is 0.0118. The molecule has 9 heteroatoms. The molecular weight excluding hydrogens is 816 g/mol. The third-order valence-electron chi connectivity index (χ3n) is 10.4. The molecule has 2 N–H and O–H groups in total. The topological polar surface area (TPSA) is 108 Å². The molecule has 3 atom stereocenters. The van der Waals surface area contributed by atoms with Crippen LogP contribution in [0.5, 0.6) is 0 Å². The average molecular weight is 911 g/mol. The van der Waals surface area contributed by atoms with Crippen molar-refractivity contribution < 1.29 is 32.9 Å². The Hall–Kier alpha value is -2.84. The Morgan fingerprint density at radius 2 is 0.969 bits per heavy atom. The third kappa shape index (κ3) is 47.1. The standard InChI is InChI=1S/C55H95N2O6P/c1-6-8-10-12-14-15-16-17-18-19-20-21-22-23-24-25-26-27-28-29-30-31-32-33-34-35-36-37-38-39-40-41-43-45-47-49-55(59)56-53(54(58)48-46-44-42-13-11-9-7-2)52-63-64(60,61)62-51-50-57(3,4)5/h8,10-11,13-15,17-18,20-21,23-24,26-27,29-30,46,48,53-54,58H,6-7,9,12,16,19,22,25,28,31-45,47,49-52H2,1-5H3,(H-,56,59,60,61)/b10-8-,13-11+,15-14-,18-17-,21-20-,24-23-,27-26-,30-29-,48-46+. The molecule has 3 unspecified atom stereocenters. The molecule has 0 aromatic carbocycles. The number of hydrogen-bond donors (Lipinski definition) is 2. The highest BCUT2D eigenvalue weighted by atomic mass is 31.2. The maximum absolute atomic E-state index is 12.8. The lowest BCUT2D eigenvalue weighted by Gasteiger charge is -2.29. The first kappa shape index (κ1) is 61.2. The van der Waals surface area contributed by atoms with Crippen LogP contribution in [-0.4, -0.2) is 68.5 Å². The van der Waals surface area contributed by atoms with Crippen molar-refractivity contribution in [2.24, 2.45) is 0 Å². The highest BCUT2D eigenvalue weighted by molar-refractivity contribution is 7.45. The van der Waals surface area contributed by atoms with E-state index < -0.39 is 26.6 Å². The summed E-state index contributed by atoms with van der Waals surface area (Å²) in [4.78, 5) is 25.2. The van der Waals surface area contributed by atoms with Gasteiger partial charge in [-0.15, -0.1) is 0 Å². The Kier molecular flexibility index (Phi) is 43.3. The molecule has 0 saturated carbocycles. The lowest BCUT2D eigenvalue weighted by molar-refractivity contribution is -0.870. The molecule has 0 heterocycles. The molecule has 8 nitrogen and oxygen atoms in total. The van der Waals surface area contributed by atoms with Crippen LogP contribution in [0, 0.1) is 0 Å². The summed E-state index contributed by atoms with van der Waals surface area (Å²) in [6.07, 6.45) is 66.2. The van der Waals surface area contributed by atoms with Gasteiger partial charge in [0.1, 0.15) is 13.2 Å². The number of carbonyl (C=O) groups excluding carboxylic acids is 1. The van der Waals surface area contributed by atoms with E-state index in [1.54, 1.807) is 6.08 Å². The summed E-state index contributed by atoms with van der Waals surface area (Å²) in [6.45, 7) is 4.37. The van der Waals surface area contributed by atoms with Gasteiger partial charge in [-0.25, -0.2) is 0 Å². The van der Waals surface area contributed by atoms with Gasteiger partial charge in [0.05, 0.1) is 39.9 Å². The molecule has 0 aliphatic carbocycles. The number of likely N-dealkylation sites (N-methyl/N-ethyl adjacent to an activating group) is 1. The maximum atomic E-state index is 12.8. The van der Waals surface area contributed by atoms with Crippen molar-refractivity contribution in [1.29, 1.82) is 0 Å². The van der Waals surface area contributed by atoms with E-state index in [0.29, 0.717) is 17.4 Å². The number of aliphatic hydroxyl groups excluding tert-OH is 1. The van der Waals surface area contributed by atoms with Crippen LogP contribution < -0.4 is 10.2 Å². The minimum Gasteiger partial charge on any atom is -0.756 e. The normalized spacial score (nSPS) is 15.0. The molecule has 0 saturated heterocycles. The summed E-state index contributed by atoms with van der Waals surface area (Å²) in [5, 5.41) is 13.6. The zero-order valence-corrected chi connectivity index (χ0v) is 42.3. The number of phosphoric acid groups is 1. The van der Waals surface area contributed by atoms with Crippen molar-refractivity contribution in [2.45, 2.75) is 193 Å². The number of hydrogen-bond acceptors (Lipinski definition) is 6. The summed E-state index contributed by atoms with van der Waals surface area (Å²) >= 11 is 0. The highest BCUT2D eigenvalue weighted by Crippen LogP contribution is 2.38. The Balaban J connectivity index is 3.98. The van der Waals surface area contributed by atoms with Crippen LogP contribution in [0.4, 0.5) is 0 Å². The van der Waals surface area contributed by atoms with Crippen LogP contribution in [0.3, 0.4) is 0 Å². The number of nitrogens with zero attached hydrogens (tertiary/aromatic N) is 1. The highest BCUT2D eigenvalue weighted by Gasteiger charge is 2.23. The zero-order valence-electron chi connectivity index (χ0n) is 41.4. The van der Waals surface area contributed by atoms with Gasteiger partial charge in [-0.3, -0.25) is 9.36 Å². The Bertz CT molecular complexity index is 1400. The number of amides is 1. The van der Waals surface area contributed by atoms with Crippen molar-refractivity contribution in [1.82, 2.24) is 5.32 Å². The number of rotatable bonds is 44. The van der Waals surface area contributed by atoms with Gasteiger partial charge in [0.25, 0.3) is 7.82 Å². The quantitative estimate of drug-likeness (QED) is 0.0273. The number of quaternary nitrogens is 1. The maximum Gasteiger partial charge on any atom is 0.268 e. The molecule has 0 aromatic heterocycles. The predicted octanol–water partition coefficient (Wildman–Crippen LogP) is 14.2. The number of aliphatic hydroxyl groups is 1. The van der Waals surface area contributed by atoms with Crippen LogP contribution >= 0.6 is 7.82 Å². The third-order valence-corrected chi connectivity index (χ3v) is 11.4. The van der Waals surface area contributed by atoms with Gasteiger partial charge in [0, 0.05) is 6.42 Å². The number of carbonyl (C=O) groups is 1. The Labute approximate surface area is 393 Å². The van der Waals surface area contributed by atoms with Crippen LogP contribution in [0.2, 0.25) is 0 Å². The molecular formula is C55H95N2O6P. The van der Waals surface area contributed by atoms with E-state index in [2.05, 4.69) is 116 Å². The summed E-state index contributed by atoms with van der Waals surface area (Å²) in [5.74, 6) is -0.219. The Morgan fingerprint density at radius 3 is 1.44 bits per heavy atom. The summed E-state index contributed by atoms with van der Waals surface area (Å²) in [7, 11) is 1.22. The van der Waals surface area contributed by atoms with E-state index in [1.807, 2.05) is 27.2 Å². The molecule has 0 aromatic rings. The van der Waals surface area contributed by atoms with Gasteiger partial charge < -0.3 is 28.8 Å². The number of phosphoric ester groups is 1. The molecule has 0 bridgehead atoms. The number of nitrogens with one attached hydrogen (secondary N) is 1. The minimum atomic E-state index is -4.59. The molecule has 366 valence electrons. The van der Waals surface area contributed by atoms with Gasteiger partial charge in [0.15, 0.2) is 0 Å². The predicted molar refractivity (Wildman–Crippen MR) is 274 cm³/mol. The number of unbranched alkanes of at least 4 members (excludes halogenated alkanes) is 15. The van der Waals surface area contributed by atoms with E-state index in [0.717, 1.165) is 89.9 Å². The fourth-order valence-corrected chi connectivity index (χ4v) is 7.23. The van der Waals surface area contributed by atoms with Gasteiger partial charge in [-0.2, -0.15) is 0 Å². The van der Waals surface area contributed by atoms with Gasteiger partial charge >= 0.3 is 0 Å². The molecule has 0 rings (SSSR count). The molecule has 0 radical (unpaired) electrons. The lowest BCUT2D eigenvalue weighted by Crippen LogP contribution is -2.45. The summed E-state index contributed by atoms with van der Waals surface area (Å²) in [5.41, 5.74) is 0. The lowest BCUT2D eigenvalue weighted by atomic mass is 10.0. The molecule has 0 aliphatic rings. The Morgan fingerprint density at radius 1 is 0.562 bits per heavy atom. The SMILES string of the molecule is CC/C=C\C/C=C\C/C=C\C/C=C\C/C=C\C/C=C\C/C=C\CCCCCCCCCCCCCCCC(=O)NC(COP(=O)([O-])OCC[N+](C)(C)C)C(O)/C=C/CC/C=C/CCC. The van der Waals surface area contributed by atoms with Crippen LogP contribution in [-0.2, 0) is 18.4 Å². The van der Waals surface area contributed by atoms with Crippen molar-refractivity contribution in [3.05, 3.63) is 109 Å². The second-order valence-electron chi connectivity index (χ2n) is 17.8. The van der Waals surface area contributed by atoms with Crippen molar-refractivity contribution in [3.8, 4) is 0 Å². The summed E-state index contributed by atoms with van der Waals surface area (Å²) < 4.78 is 23.1. The second-order valence-corrected chi connectivity index (χ2v) is 19.2. The largest absolute Gasteiger partial charge is 0.756 e. The summed E-state index contributed by atoms with van der Waals surface area (Å²) in [6, 6.07) is -0.907. The van der Waals surface area contributed by atoms with Gasteiger partial charge in [-0.1, -0.05) is 200 Å². The van der Waals surface area contributed by atoms with E-state index in [9.17, 15) is 19.4 Å². The van der Waals surface area contributed by atoms with Crippen LogP contribution in [0.15, 0.2) is 109 Å². The van der Waals surface area contributed by atoms with Crippen molar-refractivity contribution in [2.75, 3.05) is 40.9 Å². The first-order valence-corrected chi connectivity index (χ1v) is 26.7. The van der Waals surface area contributed by atoms with E-state index in [-0.39, 0.29) is 12.5 Å². The molecule has 0 spiro atoms. The zero-order chi connectivity index (χ0) is 47.1. The second kappa shape index (κ2) is 45.3. The molecule has 1 amide bonds. The van der Waals surface area contributed by atoms with Gasteiger partial charge in [0.2, 0.25) is 5.91 Å². The van der Waals surface area contributed by atoms with Crippen molar-refractivity contribution in [3.63, 3.8) is 0 Å². The van der Waals surface area contributed by atoms with E-state index in [4.69, 9.17) is 9.05 Å². The molecule has 0 fully saturated rings. The van der Waals surface area contributed by atoms with E-state index >= 15 is 0 Å². The van der Waals surface area contributed by atoms with Crippen LogP contribution in [0.1, 0.15) is 181 Å². The monoisotopic (exact) mass is 911 g/mol. The smallest absolute Gasteiger partial charge is 0.268 e. The van der Waals surface area contributed by atoms with Crippen molar-refractivity contribution >= 4 is 13.7 Å². The van der Waals surface area contributed by atoms with E-state index in [1.165, 1.54) is 70.6 Å². The average Bonchev–Trinajstić information content (AvgIpc) is 3.25.